The van der Waals surface area contributed by atoms with Crippen LogP contribution in [0.4, 0.5) is 0 Å². The lowest BCUT2D eigenvalue weighted by atomic mass is 9.75. The normalized spacial score (nSPS) is 23.2. The average Bonchev–Trinajstić information content (AvgIpc) is 2.20. The lowest BCUT2D eigenvalue weighted by Gasteiger charge is -2.36. The summed E-state index contributed by atoms with van der Waals surface area (Å²) in [4.78, 5) is 22.3. The summed E-state index contributed by atoms with van der Waals surface area (Å²) in [6.07, 6.45) is 1.82. The SMILES string of the molecule is CC1CC(OOC(C)(C)C)=C(OOC(C)(C)C)C(C)(C)C1. The summed E-state index contributed by atoms with van der Waals surface area (Å²) < 4.78 is 0. The number of hydrogen-bond donors (Lipinski definition) is 0. The molecule has 0 amide bonds. The summed E-state index contributed by atoms with van der Waals surface area (Å²) in [5.41, 5.74) is -0.880. The van der Waals surface area contributed by atoms with Crippen molar-refractivity contribution < 1.29 is 19.6 Å². The van der Waals surface area contributed by atoms with Crippen molar-refractivity contribution in [3.63, 3.8) is 0 Å². The van der Waals surface area contributed by atoms with Crippen LogP contribution in [0.15, 0.2) is 11.5 Å². The van der Waals surface area contributed by atoms with Crippen LogP contribution in [-0.2, 0) is 19.6 Å². The van der Waals surface area contributed by atoms with Gasteiger partial charge in [0.05, 0.1) is 0 Å². The Balaban J connectivity index is 2.96. The standard InChI is InChI=1S/C17H32O4/c1-12-10-13(18-20-15(2,3)4)14(17(8,9)11-12)19-21-16(5,6)7/h12H,10-11H2,1-9H3. The first-order valence-electron chi connectivity index (χ1n) is 7.75. The van der Waals surface area contributed by atoms with E-state index < -0.39 is 0 Å². The summed E-state index contributed by atoms with van der Waals surface area (Å²) in [6, 6.07) is 0. The Morgan fingerprint density at radius 1 is 0.905 bits per heavy atom. The van der Waals surface area contributed by atoms with Gasteiger partial charge in [0.25, 0.3) is 0 Å². The predicted octanol–water partition coefficient (Wildman–Crippen LogP) is 5.15. The molecular formula is C17H32O4. The van der Waals surface area contributed by atoms with Crippen molar-refractivity contribution in [2.24, 2.45) is 11.3 Å². The molecule has 1 aliphatic carbocycles. The maximum atomic E-state index is 5.66. The molecular weight excluding hydrogens is 268 g/mol. The molecule has 21 heavy (non-hydrogen) atoms. The van der Waals surface area contributed by atoms with E-state index in [1.54, 1.807) is 0 Å². The van der Waals surface area contributed by atoms with E-state index in [4.69, 9.17) is 19.6 Å². The zero-order valence-electron chi connectivity index (χ0n) is 15.1. The molecule has 0 saturated carbocycles. The minimum atomic E-state index is -0.373. The van der Waals surface area contributed by atoms with Crippen LogP contribution >= 0.6 is 0 Å². The van der Waals surface area contributed by atoms with Crippen molar-refractivity contribution in [2.75, 3.05) is 0 Å². The zero-order valence-corrected chi connectivity index (χ0v) is 15.1. The van der Waals surface area contributed by atoms with E-state index in [0.29, 0.717) is 5.92 Å². The fraction of sp³-hybridized carbons (Fsp3) is 0.882. The van der Waals surface area contributed by atoms with Gasteiger partial charge in [-0.25, -0.2) is 0 Å². The van der Waals surface area contributed by atoms with Crippen LogP contribution in [0.1, 0.15) is 75.2 Å². The van der Waals surface area contributed by atoms with Gasteiger partial charge >= 0.3 is 0 Å². The lowest BCUT2D eigenvalue weighted by molar-refractivity contribution is -0.353. The molecule has 0 aromatic heterocycles. The van der Waals surface area contributed by atoms with Gasteiger partial charge in [0.1, 0.15) is 11.2 Å². The van der Waals surface area contributed by atoms with Gasteiger partial charge in [-0.05, 0) is 53.9 Å². The van der Waals surface area contributed by atoms with Crippen LogP contribution in [0.25, 0.3) is 0 Å². The molecule has 1 unspecified atom stereocenters. The molecule has 124 valence electrons. The third-order valence-corrected chi connectivity index (χ3v) is 3.03. The van der Waals surface area contributed by atoms with Crippen molar-refractivity contribution in [1.82, 2.24) is 0 Å². The van der Waals surface area contributed by atoms with Crippen LogP contribution in [0.5, 0.6) is 0 Å². The summed E-state index contributed by atoms with van der Waals surface area (Å²) in [5.74, 6) is 1.98. The number of allylic oxidation sites excluding steroid dienone is 2. The van der Waals surface area contributed by atoms with Gasteiger partial charge in [0, 0.05) is 11.8 Å². The van der Waals surface area contributed by atoms with Gasteiger partial charge in [-0.1, -0.05) is 20.8 Å². The van der Waals surface area contributed by atoms with Crippen molar-refractivity contribution in [1.29, 1.82) is 0 Å². The molecule has 0 aromatic carbocycles. The fourth-order valence-electron chi connectivity index (χ4n) is 2.40. The Morgan fingerprint density at radius 2 is 1.38 bits per heavy atom. The highest BCUT2D eigenvalue weighted by molar-refractivity contribution is 5.14. The minimum Gasteiger partial charge on any atom is -0.338 e. The van der Waals surface area contributed by atoms with E-state index in [2.05, 4.69) is 20.8 Å². The highest BCUT2D eigenvalue weighted by Crippen LogP contribution is 2.44. The van der Waals surface area contributed by atoms with Crippen LogP contribution in [0.2, 0.25) is 0 Å². The highest BCUT2D eigenvalue weighted by atomic mass is 17.2. The Kier molecular flexibility index (Phi) is 5.38. The minimum absolute atomic E-state index is 0.139. The van der Waals surface area contributed by atoms with E-state index in [0.717, 1.165) is 24.4 Å². The van der Waals surface area contributed by atoms with E-state index in [-0.39, 0.29) is 16.6 Å². The lowest BCUT2D eigenvalue weighted by Crippen LogP contribution is -2.31. The van der Waals surface area contributed by atoms with Crippen LogP contribution in [0.3, 0.4) is 0 Å². The molecule has 0 heterocycles. The maximum Gasteiger partial charge on any atom is 0.189 e. The van der Waals surface area contributed by atoms with E-state index in [9.17, 15) is 0 Å². The van der Waals surface area contributed by atoms with E-state index in [1.807, 2.05) is 41.5 Å². The Labute approximate surface area is 129 Å². The van der Waals surface area contributed by atoms with Crippen molar-refractivity contribution >= 4 is 0 Å². The Morgan fingerprint density at radius 3 is 1.86 bits per heavy atom. The van der Waals surface area contributed by atoms with E-state index in [1.165, 1.54) is 0 Å². The van der Waals surface area contributed by atoms with Crippen LogP contribution < -0.4 is 0 Å². The first-order valence-corrected chi connectivity index (χ1v) is 7.75. The molecule has 0 spiro atoms. The van der Waals surface area contributed by atoms with Crippen molar-refractivity contribution in [2.45, 2.75) is 86.4 Å². The summed E-state index contributed by atoms with van der Waals surface area (Å²) in [7, 11) is 0. The van der Waals surface area contributed by atoms with Crippen LogP contribution in [0, 0.1) is 11.3 Å². The second kappa shape index (κ2) is 6.17. The third kappa shape index (κ3) is 6.27. The first-order chi connectivity index (χ1) is 9.30. The molecule has 0 N–H and O–H groups in total. The zero-order chi connectivity index (χ0) is 16.5. The summed E-state index contributed by atoms with van der Waals surface area (Å²) in [5, 5.41) is 0. The van der Waals surface area contributed by atoms with Crippen molar-refractivity contribution in [3.05, 3.63) is 11.5 Å². The molecule has 0 bridgehead atoms. The summed E-state index contributed by atoms with van der Waals surface area (Å²) >= 11 is 0. The highest BCUT2D eigenvalue weighted by Gasteiger charge is 2.39. The molecule has 1 atom stereocenters. The first kappa shape index (κ1) is 18.3. The van der Waals surface area contributed by atoms with Crippen LogP contribution in [-0.4, -0.2) is 11.2 Å². The topological polar surface area (TPSA) is 36.9 Å². The largest absolute Gasteiger partial charge is 0.338 e. The second-order valence-corrected chi connectivity index (χ2v) is 8.71. The fourth-order valence-corrected chi connectivity index (χ4v) is 2.40. The molecule has 0 aromatic rings. The smallest absolute Gasteiger partial charge is 0.189 e. The number of hydrogen-bond acceptors (Lipinski definition) is 4. The summed E-state index contributed by atoms with van der Waals surface area (Å²) in [6.45, 7) is 18.2. The van der Waals surface area contributed by atoms with Gasteiger partial charge in [-0.15, -0.1) is 0 Å². The molecule has 0 fully saturated rings. The predicted molar refractivity (Wildman–Crippen MR) is 83.1 cm³/mol. The van der Waals surface area contributed by atoms with Gasteiger partial charge in [-0.2, -0.15) is 9.78 Å². The molecule has 4 nitrogen and oxygen atoms in total. The number of rotatable bonds is 4. The van der Waals surface area contributed by atoms with Gasteiger partial charge in [0.15, 0.2) is 11.5 Å². The van der Waals surface area contributed by atoms with E-state index >= 15 is 0 Å². The average molecular weight is 300 g/mol. The molecule has 0 saturated heterocycles. The molecule has 4 heteroatoms. The third-order valence-electron chi connectivity index (χ3n) is 3.03. The van der Waals surface area contributed by atoms with Gasteiger partial charge < -0.3 is 9.78 Å². The monoisotopic (exact) mass is 300 g/mol. The Bertz CT molecular complexity index is 383. The molecule has 0 radical (unpaired) electrons. The Hall–Kier alpha value is -0.740. The van der Waals surface area contributed by atoms with Crippen molar-refractivity contribution in [3.8, 4) is 0 Å². The van der Waals surface area contributed by atoms with Gasteiger partial charge in [0.2, 0.25) is 0 Å². The molecule has 0 aliphatic heterocycles. The maximum absolute atomic E-state index is 5.66. The molecule has 1 rings (SSSR count). The van der Waals surface area contributed by atoms with Gasteiger partial charge in [-0.3, -0.25) is 0 Å². The second-order valence-electron chi connectivity index (χ2n) is 8.71. The quantitative estimate of drug-likeness (QED) is 0.531. The molecule has 1 aliphatic rings.